The summed E-state index contributed by atoms with van der Waals surface area (Å²) in [5, 5.41) is 3.51. The third-order valence-electron chi connectivity index (χ3n) is 3.19. The van der Waals surface area contributed by atoms with Gasteiger partial charge in [0.25, 0.3) is 0 Å². The molecule has 0 saturated heterocycles. The Balaban J connectivity index is 2.16. The number of halogens is 2. The zero-order chi connectivity index (χ0) is 14.7. The van der Waals surface area contributed by atoms with Gasteiger partial charge in [-0.1, -0.05) is 23.7 Å². The lowest BCUT2D eigenvalue weighted by molar-refractivity contribution is 0.624. The quantitative estimate of drug-likeness (QED) is 0.877. The number of hydrogen-bond donors (Lipinski definition) is 1. The van der Waals surface area contributed by atoms with Crippen molar-refractivity contribution in [3.05, 3.63) is 58.9 Å². The first-order chi connectivity index (χ1) is 9.47. The first-order valence-electron chi connectivity index (χ1n) is 6.46. The third kappa shape index (κ3) is 3.42. The summed E-state index contributed by atoms with van der Waals surface area (Å²) in [7, 11) is 3.99. The summed E-state index contributed by atoms with van der Waals surface area (Å²) in [4.78, 5) is 2.04. The molecule has 0 aliphatic carbocycles. The Morgan fingerprint density at radius 1 is 1.15 bits per heavy atom. The minimum absolute atomic E-state index is 0.000760. The van der Waals surface area contributed by atoms with Crippen molar-refractivity contribution >= 4 is 23.0 Å². The molecule has 4 heteroatoms. The molecule has 0 fully saturated rings. The molecule has 0 radical (unpaired) electrons. The number of anilines is 2. The lowest BCUT2D eigenvalue weighted by Gasteiger charge is -2.18. The summed E-state index contributed by atoms with van der Waals surface area (Å²) < 4.78 is 13.5. The molecule has 2 rings (SSSR count). The molecule has 2 nitrogen and oxygen atoms in total. The van der Waals surface area contributed by atoms with Crippen LogP contribution in [0, 0.1) is 5.82 Å². The van der Waals surface area contributed by atoms with Crippen LogP contribution in [0.3, 0.4) is 0 Å². The van der Waals surface area contributed by atoms with Crippen LogP contribution in [-0.2, 0) is 0 Å². The van der Waals surface area contributed by atoms with Crippen LogP contribution in [-0.4, -0.2) is 14.1 Å². The summed E-state index contributed by atoms with van der Waals surface area (Å²) in [5.41, 5.74) is 2.98. The molecule has 0 aromatic heterocycles. The number of benzene rings is 2. The highest BCUT2D eigenvalue weighted by Gasteiger charge is 2.09. The molecule has 1 N–H and O–H groups in total. The first kappa shape index (κ1) is 14.7. The van der Waals surface area contributed by atoms with Gasteiger partial charge in [0.1, 0.15) is 5.82 Å². The molecule has 2 aromatic rings. The van der Waals surface area contributed by atoms with Crippen LogP contribution in [0.4, 0.5) is 15.8 Å². The minimum atomic E-state index is -0.389. The van der Waals surface area contributed by atoms with Crippen molar-refractivity contribution in [2.75, 3.05) is 24.3 Å². The Hall–Kier alpha value is -1.74. The van der Waals surface area contributed by atoms with Crippen LogP contribution in [0.15, 0.2) is 42.5 Å². The van der Waals surface area contributed by atoms with Gasteiger partial charge in [-0.05, 0) is 42.8 Å². The van der Waals surface area contributed by atoms with Gasteiger partial charge in [-0.2, -0.15) is 0 Å². The van der Waals surface area contributed by atoms with Crippen molar-refractivity contribution in [2.24, 2.45) is 0 Å². The summed E-state index contributed by atoms with van der Waals surface area (Å²) in [6.07, 6.45) is 0. The lowest BCUT2D eigenvalue weighted by Crippen LogP contribution is -2.10. The largest absolute Gasteiger partial charge is 0.378 e. The van der Waals surface area contributed by atoms with Crippen molar-refractivity contribution in [3.63, 3.8) is 0 Å². The van der Waals surface area contributed by atoms with E-state index in [0.29, 0.717) is 0 Å². The minimum Gasteiger partial charge on any atom is -0.378 e. The van der Waals surface area contributed by atoms with E-state index >= 15 is 0 Å². The molecule has 20 heavy (non-hydrogen) atoms. The maximum absolute atomic E-state index is 13.5. The average molecular weight is 293 g/mol. The second-order valence-corrected chi connectivity index (χ2v) is 5.39. The summed E-state index contributed by atoms with van der Waals surface area (Å²) in [6.45, 7) is 1.99. The summed E-state index contributed by atoms with van der Waals surface area (Å²) in [6, 6.07) is 13.0. The van der Waals surface area contributed by atoms with E-state index in [1.807, 2.05) is 50.2 Å². The molecule has 0 bridgehead atoms. The lowest BCUT2D eigenvalue weighted by atomic mass is 10.1. The van der Waals surface area contributed by atoms with Gasteiger partial charge in [-0.15, -0.1) is 0 Å². The van der Waals surface area contributed by atoms with E-state index < -0.39 is 0 Å². The molecular formula is C16H18ClFN2. The molecule has 0 spiro atoms. The Labute approximate surface area is 124 Å². The number of nitrogens with one attached hydrogen (secondary N) is 1. The zero-order valence-corrected chi connectivity index (χ0v) is 12.6. The van der Waals surface area contributed by atoms with Crippen LogP contribution < -0.4 is 10.2 Å². The van der Waals surface area contributed by atoms with E-state index in [2.05, 4.69) is 11.4 Å². The zero-order valence-electron chi connectivity index (χ0n) is 11.8. The normalized spacial score (nSPS) is 12.1. The van der Waals surface area contributed by atoms with Crippen LogP contribution in [0.5, 0.6) is 0 Å². The number of nitrogens with zero attached hydrogens (tertiary/aromatic N) is 1. The van der Waals surface area contributed by atoms with E-state index in [0.717, 1.165) is 16.9 Å². The van der Waals surface area contributed by atoms with Gasteiger partial charge in [0.15, 0.2) is 0 Å². The molecule has 106 valence electrons. The van der Waals surface area contributed by atoms with Gasteiger partial charge in [-0.25, -0.2) is 4.39 Å². The van der Waals surface area contributed by atoms with Gasteiger partial charge in [0, 0.05) is 31.5 Å². The van der Waals surface area contributed by atoms with Crippen LogP contribution in [0.2, 0.25) is 5.02 Å². The maximum Gasteiger partial charge on any atom is 0.142 e. The molecule has 1 atom stereocenters. The summed E-state index contributed by atoms with van der Waals surface area (Å²) in [5.74, 6) is -0.389. The third-order valence-corrected chi connectivity index (χ3v) is 3.50. The van der Waals surface area contributed by atoms with E-state index in [9.17, 15) is 4.39 Å². The molecule has 0 aliphatic rings. The number of hydrogen-bond acceptors (Lipinski definition) is 2. The maximum atomic E-state index is 13.5. The smallest absolute Gasteiger partial charge is 0.142 e. The predicted molar refractivity (Wildman–Crippen MR) is 84.2 cm³/mol. The van der Waals surface area contributed by atoms with Gasteiger partial charge >= 0.3 is 0 Å². The standard InChI is InChI=1S/C16H18ClFN2/c1-11(12-7-8-15(17)16(18)9-12)19-13-5-4-6-14(10-13)20(2)3/h4-11,19H,1-3H3. The van der Waals surface area contributed by atoms with Crippen molar-refractivity contribution in [1.82, 2.24) is 0 Å². The second-order valence-electron chi connectivity index (χ2n) is 4.98. The van der Waals surface area contributed by atoms with Crippen molar-refractivity contribution in [3.8, 4) is 0 Å². The van der Waals surface area contributed by atoms with Crippen molar-refractivity contribution in [1.29, 1.82) is 0 Å². The summed E-state index contributed by atoms with van der Waals surface area (Å²) >= 11 is 5.70. The van der Waals surface area contributed by atoms with Gasteiger partial charge in [0.05, 0.1) is 5.02 Å². The Kier molecular flexibility index (Phi) is 4.50. The van der Waals surface area contributed by atoms with E-state index in [1.54, 1.807) is 6.07 Å². The molecule has 1 unspecified atom stereocenters. The molecule has 0 aliphatic heterocycles. The van der Waals surface area contributed by atoms with Crippen molar-refractivity contribution in [2.45, 2.75) is 13.0 Å². The van der Waals surface area contributed by atoms with Crippen LogP contribution in [0.1, 0.15) is 18.5 Å². The Morgan fingerprint density at radius 2 is 1.90 bits per heavy atom. The fourth-order valence-electron chi connectivity index (χ4n) is 1.99. The van der Waals surface area contributed by atoms with E-state index in [-0.39, 0.29) is 16.9 Å². The molecule has 0 amide bonds. The molecule has 0 saturated carbocycles. The second kappa shape index (κ2) is 6.14. The van der Waals surface area contributed by atoms with Gasteiger partial charge in [-0.3, -0.25) is 0 Å². The highest BCUT2D eigenvalue weighted by atomic mass is 35.5. The molecule has 0 heterocycles. The SMILES string of the molecule is CC(Nc1cccc(N(C)C)c1)c1ccc(Cl)c(F)c1. The average Bonchev–Trinajstić information content (AvgIpc) is 2.42. The fraction of sp³-hybridized carbons (Fsp3) is 0.250. The Morgan fingerprint density at radius 3 is 2.55 bits per heavy atom. The van der Waals surface area contributed by atoms with E-state index in [1.165, 1.54) is 6.07 Å². The van der Waals surface area contributed by atoms with Crippen LogP contribution in [0.25, 0.3) is 0 Å². The monoisotopic (exact) mass is 292 g/mol. The van der Waals surface area contributed by atoms with Crippen LogP contribution >= 0.6 is 11.6 Å². The van der Waals surface area contributed by atoms with E-state index in [4.69, 9.17) is 11.6 Å². The topological polar surface area (TPSA) is 15.3 Å². The fourth-order valence-corrected chi connectivity index (χ4v) is 2.11. The molecular weight excluding hydrogens is 275 g/mol. The number of rotatable bonds is 4. The van der Waals surface area contributed by atoms with Gasteiger partial charge in [0.2, 0.25) is 0 Å². The first-order valence-corrected chi connectivity index (χ1v) is 6.84. The van der Waals surface area contributed by atoms with Gasteiger partial charge < -0.3 is 10.2 Å². The highest BCUT2D eigenvalue weighted by Crippen LogP contribution is 2.25. The predicted octanol–water partition coefficient (Wildman–Crippen LogP) is 4.72. The highest BCUT2D eigenvalue weighted by molar-refractivity contribution is 6.30. The Bertz CT molecular complexity index is 599. The van der Waals surface area contributed by atoms with Crippen molar-refractivity contribution < 1.29 is 4.39 Å². The molecule has 2 aromatic carbocycles.